The largest absolute Gasteiger partial charge is 0.381 e. The van der Waals surface area contributed by atoms with E-state index in [0.717, 1.165) is 25.7 Å². The maximum Gasteiger partial charge on any atom is 0.0506 e. The number of piperazine rings is 1. The zero-order valence-electron chi connectivity index (χ0n) is 10.4. The molecule has 0 saturated carbocycles. The first-order chi connectivity index (χ1) is 7.27. The van der Waals surface area contributed by atoms with E-state index in [-0.39, 0.29) is 12.4 Å². The van der Waals surface area contributed by atoms with Gasteiger partial charge in [0.2, 0.25) is 0 Å². The zero-order chi connectivity index (χ0) is 10.7. The van der Waals surface area contributed by atoms with Crippen molar-refractivity contribution in [1.29, 1.82) is 0 Å². The molecule has 0 bridgehead atoms. The quantitative estimate of drug-likeness (QED) is 0.802. The van der Waals surface area contributed by atoms with Gasteiger partial charge in [0.1, 0.15) is 0 Å². The summed E-state index contributed by atoms with van der Waals surface area (Å²) in [6.07, 6.45) is 2.60. The Morgan fingerprint density at radius 3 is 2.88 bits per heavy atom. The molecule has 2 saturated heterocycles. The molecule has 3 atom stereocenters. The van der Waals surface area contributed by atoms with E-state index in [1.165, 1.54) is 25.9 Å². The predicted molar refractivity (Wildman–Crippen MR) is 69.3 cm³/mol. The summed E-state index contributed by atoms with van der Waals surface area (Å²) in [6.45, 7) is 10.1. The topological polar surface area (TPSA) is 24.5 Å². The van der Waals surface area contributed by atoms with Crippen LogP contribution in [0.15, 0.2) is 0 Å². The fraction of sp³-hybridized carbons (Fsp3) is 1.00. The minimum absolute atomic E-state index is 0. The summed E-state index contributed by atoms with van der Waals surface area (Å²) in [4.78, 5) is 2.63. The number of hydrogen-bond acceptors (Lipinski definition) is 3. The van der Waals surface area contributed by atoms with E-state index in [1.807, 2.05) is 0 Å². The standard InChI is InChI=1S/C12H24N2O.ClH/c1-10-11(2)14(6-5-13-10)8-12-4-3-7-15-9-12;/h10-13H,3-9H2,1-2H3;1H. The molecule has 0 aromatic rings. The predicted octanol–water partition coefficient (Wildman–Crippen LogP) is 1.52. The molecule has 0 radical (unpaired) electrons. The summed E-state index contributed by atoms with van der Waals surface area (Å²) in [5.74, 6) is 0.770. The molecule has 2 aliphatic rings. The SMILES string of the molecule is CC1NCCN(CC2CCCOC2)C1C.Cl. The minimum atomic E-state index is 0. The Morgan fingerprint density at radius 2 is 2.19 bits per heavy atom. The smallest absolute Gasteiger partial charge is 0.0506 e. The zero-order valence-corrected chi connectivity index (χ0v) is 11.3. The average Bonchev–Trinajstić information content (AvgIpc) is 2.26. The van der Waals surface area contributed by atoms with Crippen LogP contribution in [-0.4, -0.2) is 49.8 Å². The molecule has 3 nitrogen and oxygen atoms in total. The molecule has 96 valence electrons. The molecule has 4 heteroatoms. The van der Waals surface area contributed by atoms with Gasteiger partial charge in [-0.1, -0.05) is 0 Å². The van der Waals surface area contributed by atoms with E-state index in [0.29, 0.717) is 12.1 Å². The van der Waals surface area contributed by atoms with E-state index >= 15 is 0 Å². The second-order valence-corrected chi connectivity index (χ2v) is 5.06. The van der Waals surface area contributed by atoms with Gasteiger partial charge in [-0.15, -0.1) is 12.4 Å². The van der Waals surface area contributed by atoms with Crippen LogP contribution >= 0.6 is 12.4 Å². The molecule has 0 amide bonds. The Balaban J connectivity index is 0.00000128. The van der Waals surface area contributed by atoms with Crippen LogP contribution in [0.1, 0.15) is 26.7 Å². The molecule has 3 unspecified atom stereocenters. The first kappa shape index (κ1) is 14.2. The third-order valence-electron chi connectivity index (χ3n) is 3.91. The van der Waals surface area contributed by atoms with Gasteiger partial charge in [-0.25, -0.2) is 0 Å². The molecular formula is C12H25ClN2O. The summed E-state index contributed by atoms with van der Waals surface area (Å²) in [7, 11) is 0. The highest BCUT2D eigenvalue weighted by molar-refractivity contribution is 5.85. The van der Waals surface area contributed by atoms with E-state index < -0.39 is 0 Å². The number of ether oxygens (including phenoxy) is 1. The lowest BCUT2D eigenvalue weighted by molar-refractivity contribution is 0.0237. The van der Waals surface area contributed by atoms with Crippen molar-refractivity contribution in [2.24, 2.45) is 5.92 Å². The second kappa shape index (κ2) is 6.80. The number of hydrogen-bond donors (Lipinski definition) is 1. The van der Waals surface area contributed by atoms with Crippen LogP contribution in [-0.2, 0) is 4.74 Å². The fourth-order valence-electron chi connectivity index (χ4n) is 2.67. The van der Waals surface area contributed by atoms with Crippen molar-refractivity contribution < 1.29 is 4.74 Å². The van der Waals surface area contributed by atoms with Gasteiger partial charge in [0.05, 0.1) is 6.61 Å². The summed E-state index contributed by atoms with van der Waals surface area (Å²) in [6, 6.07) is 1.30. The first-order valence-corrected chi connectivity index (χ1v) is 6.32. The van der Waals surface area contributed by atoms with Crippen LogP contribution in [0.5, 0.6) is 0 Å². The highest BCUT2D eigenvalue weighted by atomic mass is 35.5. The Bertz CT molecular complexity index is 197. The number of rotatable bonds is 2. The normalized spacial score (nSPS) is 36.8. The number of nitrogens with one attached hydrogen (secondary N) is 1. The van der Waals surface area contributed by atoms with Crippen LogP contribution in [0, 0.1) is 5.92 Å². The van der Waals surface area contributed by atoms with Crippen LogP contribution in [0.2, 0.25) is 0 Å². The molecule has 16 heavy (non-hydrogen) atoms. The Hall–Kier alpha value is 0.170. The summed E-state index contributed by atoms with van der Waals surface area (Å²) >= 11 is 0. The van der Waals surface area contributed by atoms with Crippen molar-refractivity contribution in [3.05, 3.63) is 0 Å². The lowest BCUT2D eigenvalue weighted by Crippen LogP contribution is -2.56. The monoisotopic (exact) mass is 248 g/mol. The van der Waals surface area contributed by atoms with E-state index in [2.05, 4.69) is 24.1 Å². The lowest BCUT2D eigenvalue weighted by atomic mass is 9.99. The van der Waals surface area contributed by atoms with Gasteiger partial charge in [0.15, 0.2) is 0 Å². The van der Waals surface area contributed by atoms with Crippen molar-refractivity contribution >= 4 is 12.4 Å². The summed E-state index contributed by atoms with van der Waals surface area (Å²) in [5, 5.41) is 3.53. The van der Waals surface area contributed by atoms with Crippen LogP contribution in [0.3, 0.4) is 0 Å². The van der Waals surface area contributed by atoms with Gasteiger partial charge in [-0.2, -0.15) is 0 Å². The molecule has 0 aromatic heterocycles. The third kappa shape index (κ3) is 3.59. The van der Waals surface area contributed by atoms with Gasteiger partial charge in [0.25, 0.3) is 0 Å². The molecule has 2 fully saturated rings. The van der Waals surface area contributed by atoms with Gasteiger partial charge >= 0.3 is 0 Å². The second-order valence-electron chi connectivity index (χ2n) is 5.06. The van der Waals surface area contributed by atoms with Crippen molar-refractivity contribution in [1.82, 2.24) is 10.2 Å². The Labute approximate surface area is 105 Å². The number of halogens is 1. The van der Waals surface area contributed by atoms with Crippen LogP contribution in [0.25, 0.3) is 0 Å². The van der Waals surface area contributed by atoms with Crippen LogP contribution in [0.4, 0.5) is 0 Å². The highest BCUT2D eigenvalue weighted by Gasteiger charge is 2.26. The van der Waals surface area contributed by atoms with Crippen molar-refractivity contribution in [3.63, 3.8) is 0 Å². The molecule has 1 N–H and O–H groups in total. The van der Waals surface area contributed by atoms with E-state index in [9.17, 15) is 0 Å². The van der Waals surface area contributed by atoms with Gasteiger partial charge in [-0.3, -0.25) is 4.90 Å². The average molecular weight is 249 g/mol. The van der Waals surface area contributed by atoms with Crippen molar-refractivity contribution in [3.8, 4) is 0 Å². The highest BCUT2D eigenvalue weighted by Crippen LogP contribution is 2.18. The first-order valence-electron chi connectivity index (χ1n) is 6.32. The molecule has 0 spiro atoms. The maximum absolute atomic E-state index is 5.54. The Kier molecular flexibility index (Phi) is 6.05. The molecule has 2 heterocycles. The van der Waals surface area contributed by atoms with Gasteiger partial charge in [-0.05, 0) is 32.6 Å². The molecule has 0 aromatic carbocycles. The van der Waals surface area contributed by atoms with E-state index in [4.69, 9.17) is 4.74 Å². The molecule has 0 aliphatic carbocycles. The summed E-state index contributed by atoms with van der Waals surface area (Å²) < 4.78 is 5.54. The number of nitrogens with zero attached hydrogens (tertiary/aromatic N) is 1. The maximum atomic E-state index is 5.54. The van der Waals surface area contributed by atoms with Crippen LogP contribution < -0.4 is 5.32 Å². The molecule has 2 aliphatic heterocycles. The van der Waals surface area contributed by atoms with Crippen molar-refractivity contribution in [2.75, 3.05) is 32.8 Å². The lowest BCUT2D eigenvalue weighted by Gasteiger charge is -2.40. The van der Waals surface area contributed by atoms with Crippen molar-refractivity contribution in [2.45, 2.75) is 38.8 Å². The van der Waals surface area contributed by atoms with Gasteiger partial charge < -0.3 is 10.1 Å². The molecular weight excluding hydrogens is 224 g/mol. The minimum Gasteiger partial charge on any atom is -0.381 e. The fourth-order valence-corrected chi connectivity index (χ4v) is 2.67. The van der Waals surface area contributed by atoms with Gasteiger partial charge in [0, 0.05) is 38.3 Å². The summed E-state index contributed by atoms with van der Waals surface area (Å²) in [5.41, 5.74) is 0. The molecule has 2 rings (SSSR count). The Morgan fingerprint density at radius 1 is 1.38 bits per heavy atom. The third-order valence-corrected chi connectivity index (χ3v) is 3.91. The van der Waals surface area contributed by atoms with E-state index in [1.54, 1.807) is 0 Å².